The monoisotopic (exact) mass is 354 g/mol. The van der Waals surface area contributed by atoms with Crippen molar-refractivity contribution in [1.82, 2.24) is 14.9 Å². The standard InChI is InChI=1S/C19H16F2N4O/c1-25(12-13-6-3-2-4-7-13)19(26)16-10-23-17(11-22-16)24-18-14(20)8-5-9-15(18)21/h2-11H,12H2,1H3,(H,23,24). The summed E-state index contributed by atoms with van der Waals surface area (Å²) < 4.78 is 27.3. The molecule has 0 fully saturated rings. The second-order valence-corrected chi connectivity index (χ2v) is 5.66. The van der Waals surface area contributed by atoms with Crippen LogP contribution in [0.4, 0.5) is 20.3 Å². The van der Waals surface area contributed by atoms with Crippen LogP contribution in [0.2, 0.25) is 0 Å². The number of aromatic nitrogens is 2. The summed E-state index contributed by atoms with van der Waals surface area (Å²) in [5.74, 6) is -1.65. The van der Waals surface area contributed by atoms with Crippen molar-refractivity contribution in [3.63, 3.8) is 0 Å². The van der Waals surface area contributed by atoms with Crippen molar-refractivity contribution in [2.45, 2.75) is 6.54 Å². The third kappa shape index (κ3) is 4.00. The van der Waals surface area contributed by atoms with Crippen LogP contribution in [-0.4, -0.2) is 27.8 Å². The predicted molar refractivity (Wildman–Crippen MR) is 93.9 cm³/mol. The van der Waals surface area contributed by atoms with Crippen molar-refractivity contribution in [3.8, 4) is 0 Å². The zero-order valence-corrected chi connectivity index (χ0v) is 14.0. The van der Waals surface area contributed by atoms with Gasteiger partial charge in [0.25, 0.3) is 5.91 Å². The van der Waals surface area contributed by atoms with Crippen LogP contribution < -0.4 is 5.32 Å². The lowest BCUT2D eigenvalue weighted by Crippen LogP contribution is -2.27. The molecule has 1 aromatic heterocycles. The second kappa shape index (κ2) is 7.69. The number of carbonyl (C=O) groups is 1. The zero-order valence-electron chi connectivity index (χ0n) is 14.0. The smallest absolute Gasteiger partial charge is 0.274 e. The molecule has 1 N–H and O–H groups in total. The number of hydrogen-bond acceptors (Lipinski definition) is 4. The number of anilines is 2. The molecule has 0 saturated heterocycles. The van der Waals surface area contributed by atoms with E-state index in [9.17, 15) is 13.6 Å². The third-order valence-electron chi connectivity index (χ3n) is 3.70. The Morgan fingerprint density at radius 3 is 2.31 bits per heavy atom. The Kier molecular flexibility index (Phi) is 5.17. The highest BCUT2D eigenvalue weighted by atomic mass is 19.1. The van der Waals surface area contributed by atoms with Gasteiger partial charge in [-0.1, -0.05) is 36.4 Å². The Bertz CT molecular complexity index is 881. The molecule has 3 rings (SSSR count). The van der Waals surface area contributed by atoms with Gasteiger partial charge in [0.05, 0.1) is 12.4 Å². The van der Waals surface area contributed by atoms with E-state index in [0.29, 0.717) is 6.54 Å². The molecule has 26 heavy (non-hydrogen) atoms. The van der Waals surface area contributed by atoms with Gasteiger partial charge in [0.15, 0.2) is 0 Å². The molecule has 0 saturated carbocycles. The molecular weight excluding hydrogens is 338 g/mol. The topological polar surface area (TPSA) is 58.1 Å². The van der Waals surface area contributed by atoms with Crippen molar-refractivity contribution in [2.75, 3.05) is 12.4 Å². The van der Waals surface area contributed by atoms with E-state index in [2.05, 4.69) is 15.3 Å². The number of rotatable bonds is 5. The van der Waals surface area contributed by atoms with Crippen LogP contribution in [0.25, 0.3) is 0 Å². The quantitative estimate of drug-likeness (QED) is 0.758. The fourth-order valence-corrected chi connectivity index (χ4v) is 2.37. The average Bonchev–Trinajstić information content (AvgIpc) is 2.65. The molecule has 0 atom stereocenters. The lowest BCUT2D eigenvalue weighted by molar-refractivity contribution is 0.0779. The summed E-state index contributed by atoms with van der Waals surface area (Å²) in [7, 11) is 1.66. The Hall–Kier alpha value is -3.35. The number of para-hydroxylation sites is 1. The summed E-state index contributed by atoms with van der Waals surface area (Å²) >= 11 is 0. The number of benzene rings is 2. The summed E-state index contributed by atoms with van der Waals surface area (Å²) in [4.78, 5) is 22.0. The summed E-state index contributed by atoms with van der Waals surface area (Å²) in [5, 5.41) is 2.53. The van der Waals surface area contributed by atoms with E-state index in [1.54, 1.807) is 7.05 Å². The molecule has 132 valence electrons. The highest BCUT2D eigenvalue weighted by Gasteiger charge is 2.15. The molecule has 0 aliphatic rings. The minimum atomic E-state index is -0.741. The van der Waals surface area contributed by atoms with Crippen molar-refractivity contribution in [2.24, 2.45) is 0 Å². The van der Waals surface area contributed by atoms with Gasteiger partial charge in [-0.25, -0.2) is 18.7 Å². The van der Waals surface area contributed by atoms with Gasteiger partial charge >= 0.3 is 0 Å². The van der Waals surface area contributed by atoms with E-state index < -0.39 is 11.6 Å². The van der Waals surface area contributed by atoms with Gasteiger partial charge in [0.1, 0.15) is 28.8 Å². The zero-order chi connectivity index (χ0) is 18.5. The molecule has 1 heterocycles. The summed E-state index contributed by atoms with van der Waals surface area (Å²) in [6.45, 7) is 0.432. The first-order valence-electron chi connectivity index (χ1n) is 7.87. The lowest BCUT2D eigenvalue weighted by Gasteiger charge is -2.16. The van der Waals surface area contributed by atoms with Crippen molar-refractivity contribution in [3.05, 3.63) is 83.8 Å². The molecule has 7 heteroatoms. The van der Waals surface area contributed by atoms with E-state index >= 15 is 0 Å². The number of halogens is 2. The average molecular weight is 354 g/mol. The van der Waals surface area contributed by atoms with Crippen LogP contribution in [0, 0.1) is 11.6 Å². The predicted octanol–water partition coefficient (Wildman–Crippen LogP) is 3.77. The fourth-order valence-electron chi connectivity index (χ4n) is 2.37. The number of nitrogens with one attached hydrogen (secondary N) is 1. The van der Waals surface area contributed by atoms with Crippen LogP contribution in [-0.2, 0) is 6.54 Å². The molecule has 0 unspecified atom stereocenters. The maximum Gasteiger partial charge on any atom is 0.274 e. The Morgan fingerprint density at radius 2 is 1.69 bits per heavy atom. The molecule has 3 aromatic rings. The van der Waals surface area contributed by atoms with E-state index in [1.807, 2.05) is 30.3 Å². The van der Waals surface area contributed by atoms with Gasteiger partial charge in [-0.15, -0.1) is 0 Å². The molecule has 1 amide bonds. The van der Waals surface area contributed by atoms with Crippen LogP contribution in [0.3, 0.4) is 0 Å². The highest BCUT2D eigenvalue weighted by molar-refractivity contribution is 5.91. The number of amides is 1. The Balaban J connectivity index is 1.70. The first-order valence-corrected chi connectivity index (χ1v) is 7.87. The van der Waals surface area contributed by atoms with Crippen LogP contribution in [0.15, 0.2) is 60.9 Å². The third-order valence-corrected chi connectivity index (χ3v) is 3.70. The molecular formula is C19H16F2N4O. The fraction of sp³-hybridized carbons (Fsp3) is 0.105. The molecule has 2 aromatic carbocycles. The Morgan fingerprint density at radius 1 is 1.00 bits per heavy atom. The van der Waals surface area contributed by atoms with Gasteiger partial charge < -0.3 is 10.2 Å². The second-order valence-electron chi connectivity index (χ2n) is 5.66. The molecule has 0 bridgehead atoms. The summed E-state index contributed by atoms with van der Waals surface area (Å²) in [5.41, 5.74) is 0.815. The number of carbonyl (C=O) groups excluding carboxylic acids is 1. The van der Waals surface area contributed by atoms with E-state index in [0.717, 1.165) is 17.7 Å². The molecule has 0 radical (unpaired) electrons. The maximum atomic E-state index is 13.6. The largest absolute Gasteiger partial charge is 0.336 e. The van der Waals surface area contributed by atoms with E-state index in [-0.39, 0.29) is 23.1 Å². The minimum Gasteiger partial charge on any atom is -0.336 e. The van der Waals surface area contributed by atoms with E-state index in [4.69, 9.17) is 0 Å². The molecule has 0 spiro atoms. The lowest BCUT2D eigenvalue weighted by atomic mass is 10.2. The van der Waals surface area contributed by atoms with Crippen LogP contribution in [0.5, 0.6) is 0 Å². The summed E-state index contributed by atoms with van der Waals surface area (Å²) in [6.07, 6.45) is 2.53. The van der Waals surface area contributed by atoms with Gasteiger partial charge in [-0.3, -0.25) is 4.79 Å². The van der Waals surface area contributed by atoms with Crippen molar-refractivity contribution < 1.29 is 13.6 Å². The minimum absolute atomic E-state index is 0.135. The first-order chi connectivity index (χ1) is 12.5. The van der Waals surface area contributed by atoms with Crippen molar-refractivity contribution in [1.29, 1.82) is 0 Å². The number of hydrogen-bond donors (Lipinski definition) is 1. The van der Waals surface area contributed by atoms with E-state index in [1.165, 1.54) is 23.4 Å². The van der Waals surface area contributed by atoms with Gasteiger partial charge in [-0.2, -0.15) is 0 Å². The van der Waals surface area contributed by atoms with Gasteiger partial charge in [0, 0.05) is 13.6 Å². The van der Waals surface area contributed by atoms with Crippen LogP contribution >= 0.6 is 0 Å². The van der Waals surface area contributed by atoms with Gasteiger partial charge in [0.2, 0.25) is 0 Å². The SMILES string of the molecule is CN(Cc1ccccc1)C(=O)c1cnc(Nc2c(F)cccc2F)cn1. The maximum absolute atomic E-state index is 13.6. The summed E-state index contributed by atoms with van der Waals surface area (Å²) in [6, 6.07) is 13.1. The Labute approximate surface area is 149 Å². The molecule has 0 aliphatic heterocycles. The van der Waals surface area contributed by atoms with Crippen LogP contribution in [0.1, 0.15) is 16.1 Å². The van der Waals surface area contributed by atoms with Gasteiger partial charge in [-0.05, 0) is 17.7 Å². The number of nitrogens with zero attached hydrogens (tertiary/aromatic N) is 3. The normalized spacial score (nSPS) is 10.4. The highest BCUT2D eigenvalue weighted by Crippen LogP contribution is 2.21. The molecule has 0 aliphatic carbocycles. The first kappa shape index (κ1) is 17.5. The van der Waals surface area contributed by atoms with Crippen molar-refractivity contribution >= 4 is 17.4 Å². The molecule has 5 nitrogen and oxygen atoms in total.